The van der Waals surface area contributed by atoms with Crippen molar-refractivity contribution >= 4 is 22.6 Å². The molecular weight excluding hydrogens is 320 g/mol. The van der Waals surface area contributed by atoms with E-state index in [0.717, 1.165) is 0 Å². The number of amides is 1. The molecule has 0 bridgehead atoms. The van der Waals surface area contributed by atoms with Gasteiger partial charge in [0.05, 0.1) is 22.3 Å². The second kappa shape index (κ2) is 5.62. The van der Waals surface area contributed by atoms with Crippen LogP contribution in [0.25, 0.3) is 22.2 Å². The van der Waals surface area contributed by atoms with Crippen molar-refractivity contribution in [2.75, 3.05) is 5.73 Å². The van der Waals surface area contributed by atoms with Crippen LogP contribution in [0, 0.1) is 13.8 Å². The van der Waals surface area contributed by atoms with Crippen LogP contribution in [-0.2, 0) is 7.05 Å². The van der Waals surface area contributed by atoms with Gasteiger partial charge in [-0.3, -0.25) is 9.59 Å². The van der Waals surface area contributed by atoms with E-state index in [-0.39, 0.29) is 22.6 Å². The molecule has 25 heavy (non-hydrogen) atoms. The van der Waals surface area contributed by atoms with E-state index < -0.39 is 5.91 Å². The summed E-state index contributed by atoms with van der Waals surface area (Å²) >= 11 is 0. The number of carbonyl (C=O) groups excluding carboxylic acids is 1. The van der Waals surface area contributed by atoms with Gasteiger partial charge in [0.25, 0.3) is 11.5 Å². The first-order valence-electron chi connectivity index (χ1n) is 7.62. The summed E-state index contributed by atoms with van der Waals surface area (Å²) in [6.45, 7) is 3.33. The van der Waals surface area contributed by atoms with Crippen molar-refractivity contribution in [2.45, 2.75) is 13.8 Å². The lowest BCUT2D eigenvalue weighted by molar-refractivity contribution is 0.100. The van der Waals surface area contributed by atoms with Gasteiger partial charge in [-0.15, -0.1) is 0 Å². The molecule has 0 atom stereocenters. The van der Waals surface area contributed by atoms with Crippen LogP contribution >= 0.6 is 0 Å². The summed E-state index contributed by atoms with van der Waals surface area (Å²) in [7, 11) is 1.62. The van der Waals surface area contributed by atoms with Crippen LogP contribution in [0.4, 0.5) is 5.69 Å². The molecule has 0 spiro atoms. The van der Waals surface area contributed by atoms with Gasteiger partial charge in [-0.05, 0) is 37.1 Å². The van der Waals surface area contributed by atoms with E-state index >= 15 is 0 Å². The maximum atomic E-state index is 12.4. The average molecular weight is 338 g/mol. The van der Waals surface area contributed by atoms with Crippen LogP contribution in [0.15, 0.2) is 29.1 Å². The number of nitrogens with zero attached hydrogens (tertiary/aromatic N) is 2. The number of phenolic OH excluding ortho intramolecular Hbond substituents is 1. The van der Waals surface area contributed by atoms with Crippen LogP contribution in [0.1, 0.15) is 21.6 Å². The molecule has 3 aromatic rings. The molecule has 5 N–H and O–H groups in total. The van der Waals surface area contributed by atoms with Gasteiger partial charge in [-0.25, -0.2) is 4.98 Å². The molecule has 0 aliphatic heterocycles. The number of anilines is 1. The molecule has 0 radical (unpaired) electrons. The fraction of sp³-hybridized carbons (Fsp3) is 0.167. The molecule has 1 aromatic heterocycles. The lowest BCUT2D eigenvalue weighted by atomic mass is 9.94. The quantitative estimate of drug-likeness (QED) is 0.612. The van der Waals surface area contributed by atoms with Gasteiger partial charge < -0.3 is 21.1 Å². The Morgan fingerprint density at radius 3 is 2.60 bits per heavy atom. The minimum atomic E-state index is -0.688. The normalized spacial score (nSPS) is 11.0. The molecule has 3 rings (SSSR count). The number of benzene rings is 2. The number of hydrogen-bond acceptors (Lipinski definition) is 5. The fourth-order valence-electron chi connectivity index (χ4n) is 3.04. The van der Waals surface area contributed by atoms with E-state index in [0.29, 0.717) is 33.4 Å². The zero-order valence-electron chi connectivity index (χ0n) is 14.1. The first-order valence-corrected chi connectivity index (χ1v) is 7.62. The van der Waals surface area contributed by atoms with Crippen molar-refractivity contribution in [3.8, 4) is 16.9 Å². The molecule has 0 unspecified atom stereocenters. The Labute approximate surface area is 143 Å². The highest BCUT2D eigenvalue weighted by molar-refractivity contribution is 6.10. The SMILES string of the molecule is Cc1c(O)cccc1-c1c(N)c(C(N)=O)cc2nc(C)c(=O)n(C)c12. The largest absolute Gasteiger partial charge is 0.508 e. The van der Waals surface area contributed by atoms with E-state index in [2.05, 4.69) is 4.98 Å². The van der Waals surface area contributed by atoms with E-state index in [1.165, 1.54) is 10.6 Å². The van der Waals surface area contributed by atoms with Gasteiger partial charge in [0.1, 0.15) is 11.4 Å². The number of carbonyl (C=O) groups is 1. The molecule has 2 aromatic carbocycles. The number of rotatable bonds is 2. The van der Waals surface area contributed by atoms with Crippen LogP contribution in [-0.4, -0.2) is 20.6 Å². The van der Waals surface area contributed by atoms with Crippen LogP contribution in [0.5, 0.6) is 5.75 Å². The minimum Gasteiger partial charge on any atom is -0.508 e. The highest BCUT2D eigenvalue weighted by atomic mass is 16.3. The monoisotopic (exact) mass is 338 g/mol. The molecule has 128 valence electrons. The van der Waals surface area contributed by atoms with E-state index in [9.17, 15) is 14.7 Å². The minimum absolute atomic E-state index is 0.0830. The zero-order chi connectivity index (χ0) is 18.5. The Kier molecular flexibility index (Phi) is 3.71. The number of aromatic nitrogens is 2. The number of nitrogens with two attached hydrogens (primary N) is 2. The van der Waals surface area contributed by atoms with E-state index in [1.54, 1.807) is 39.1 Å². The second-order valence-corrected chi connectivity index (χ2v) is 5.96. The third kappa shape index (κ3) is 2.40. The number of aromatic hydroxyl groups is 1. The maximum Gasteiger partial charge on any atom is 0.272 e. The fourth-order valence-corrected chi connectivity index (χ4v) is 3.04. The molecule has 0 aliphatic rings. The Bertz CT molecular complexity index is 1100. The Balaban J connectivity index is 2.62. The number of nitrogen functional groups attached to an aromatic ring is 1. The Morgan fingerprint density at radius 1 is 1.28 bits per heavy atom. The van der Waals surface area contributed by atoms with Gasteiger partial charge in [0, 0.05) is 12.6 Å². The summed E-state index contributed by atoms with van der Waals surface area (Å²) in [6.07, 6.45) is 0. The second-order valence-electron chi connectivity index (χ2n) is 5.96. The standard InChI is InChI=1S/C18H18N4O3/c1-8-10(5-4-6-13(8)23)14-15(19)11(17(20)24)7-12-16(14)22(3)18(25)9(2)21-12/h4-7,23H,19H2,1-3H3,(H2,20,24). The Hall–Kier alpha value is -3.35. The van der Waals surface area contributed by atoms with E-state index in [4.69, 9.17) is 11.5 Å². The van der Waals surface area contributed by atoms with Gasteiger partial charge >= 0.3 is 0 Å². The smallest absolute Gasteiger partial charge is 0.272 e. The van der Waals surface area contributed by atoms with Gasteiger partial charge in [0.15, 0.2) is 0 Å². The number of aryl methyl sites for hydroxylation is 2. The maximum absolute atomic E-state index is 12.4. The van der Waals surface area contributed by atoms with Crippen molar-refractivity contribution < 1.29 is 9.90 Å². The van der Waals surface area contributed by atoms with Gasteiger partial charge in [0.2, 0.25) is 0 Å². The van der Waals surface area contributed by atoms with Crippen molar-refractivity contribution in [2.24, 2.45) is 12.8 Å². The summed E-state index contributed by atoms with van der Waals surface area (Å²) in [5.41, 5.74) is 14.5. The molecule has 1 heterocycles. The highest BCUT2D eigenvalue weighted by Gasteiger charge is 2.21. The third-order valence-electron chi connectivity index (χ3n) is 4.40. The van der Waals surface area contributed by atoms with Crippen molar-refractivity contribution in [3.63, 3.8) is 0 Å². The van der Waals surface area contributed by atoms with Crippen LogP contribution in [0.3, 0.4) is 0 Å². The lowest BCUT2D eigenvalue weighted by Crippen LogP contribution is -2.23. The van der Waals surface area contributed by atoms with Crippen LogP contribution < -0.4 is 17.0 Å². The number of phenols is 1. The van der Waals surface area contributed by atoms with Crippen molar-refractivity contribution in [3.05, 3.63) is 51.4 Å². The molecule has 7 nitrogen and oxygen atoms in total. The predicted octanol–water partition coefficient (Wildman–Crippen LogP) is 1.60. The highest BCUT2D eigenvalue weighted by Crippen LogP contribution is 2.39. The number of fused-ring (bicyclic) bond motifs is 1. The third-order valence-corrected chi connectivity index (χ3v) is 4.40. The zero-order valence-corrected chi connectivity index (χ0v) is 14.1. The van der Waals surface area contributed by atoms with Crippen molar-refractivity contribution in [1.82, 2.24) is 9.55 Å². The van der Waals surface area contributed by atoms with Crippen LogP contribution in [0.2, 0.25) is 0 Å². The molecule has 1 amide bonds. The first kappa shape index (κ1) is 16.5. The molecular formula is C18H18N4O3. The van der Waals surface area contributed by atoms with Gasteiger partial charge in [-0.2, -0.15) is 0 Å². The molecule has 0 saturated heterocycles. The molecule has 0 aliphatic carbocycles. The average Bonchev–Trinajstić information content (AvgIpc) is 2.56. The first-order chi connectivity index (χ1) is 11.7. The van der Waals surface area contributed by atoms with Gasteiger partial charge in [-0.1, -0.05) is 12.1 Å². The molecule has 0 fully saturated rings. The summed E-state index contributed by atoms with van der Waals surface area (Å²) in [5, 5.41) is 10.1. The summed E-state index contributed by atoms with van der Waals surface area (Å²) in [5.74, 6) is -0.605. The summed E-state index contributed by atoms with van der Waals surface area (Å²) in [6, 6.07) is 6.46. The summed E-state index contributed by atoms with van der Waals surface area (Å²) < 4.78 is 1.44. The summed E-state index contributed by atoms with van der Waals surface area (Å²) in [4.78, 5) is 28.5. The Morgan fingerprint density at radius 2 is 1.96 bits per heavy atom. The number of hydrogen-bond donors (Lipinski definition) is 3. The molecule has 0 saturated carbocycles. The lowest BCUT2D eigenvalue weighted by Gasteiger charge is -2.18. The topological polar surface area (TPSA) is 124 Å². The van der Waals surface area contributed by atoms with Crippen molar-refractivity contribution in [1.29, 1.82) is 0 Å². The molecule has 7 heteroatoms. The van der Waals surface area contributed by atoms with E-state index in [1.807, 2.05) is 0 Å². The predicted molar refractivity (Wildman–Crippen MR) is 96.5 cm³/mol. The number of primary amides is 1.